The number of H-pyrrole nitrogens is 2. The largest absolute Gasteiger partial charge is 0.343 e. The van der Waals surface area contributed by atoms with Crippen molar-refractivity contribution in [2.24, 2.45) is 0 Å². The van der Waals surface area contributed by atoms with Gasteiger partial charge in [-0.15, -0.1) is 0 Å². The number of imidazole rings is 1. The fraction of sp³-hybridized carbons (Fsp3) is 0.0417. The van der Waals surface area contributed by atoms with Crippen LogP contribution >= 0.6 is 0 Å². The first-order valence-corrected chi connectivity index (χ1v) is 11.8. The Morgan fingerprint density at radius 3 is 2.54 bits per heavy atom. The molecule has 0 fully saturated rings. The minimum atomic E-state index is -4.16. The third-order valence-electron chi connectivity index (χ3n) is 5.53. The van der Waals surface area contributed by atoms with Crippen molar-refractivity contribution in [1.29, 1.82) is 5.26 Å². The number of benzene rings is 3. The van der Waals surface area contributed by atoms with Gasteiger partial charge in [-0.2, -0.15) is 10.4 Å². The van der Waals surface area contributed by atoms with E-state index in [0.29, 0.717) is 16.9 Å². The molecule has 0 spiro atoms. The molecule has 0 aliphatic carbocycles. The number of nitrogens with zero attached hydrogens (tertiary/aromatic N) is 3. The molecule has 0 aliphatic heterocycles. The maximum Gasteiger partial charge on any atom is 0.183 e. The average Bonchev–Trinajstić information content (AvgIpc) is 3.52. The van der Waals surface area contributed by atoms with Crippen LogP contribution in [0.5, 0.6) is 0 Å². The lowest BCUT2D eigenvalue weighted by atomic mass is 9.99. The van der Waals surface area contributed by atoms with E-state index in [0.717, 1.165) is 12.1 Å². The summed E-state index contributed by atoms with van der Waals surface area (Å²) in [5.41, 5.74) is -1.36. The van der Waals surface area contributed by atoms with E-state index in [1.165, 1.54) is 42.6 Å². The second-order valence-corrected chi connectivity index (χ2v) is 9.58. The zero-order valence-corrected chi connectivity index (χ0v) is 18.5. The minimum Gasteiger partial charge on any atom is -0.343 e. The van der Waals surface area contributed by atoms with E-state index in [4.69, 9.17) is 0 Å². The van der Waals surface area contributed by atoms with Crippen molar-refractivity contribution in [2.75, 3.05) is 0 Å². The predicted octanol–water partition coefficient (Wildman–Crippen LogP) is 4.88. The number of aromatic amines is 2. The molecule has 0 radical (unpaired) electrons. The van der Waals surface area contributed by atoms with Gasteiger partial charge in [-0.1, -0.05) is 24.3 Å². The van der Waals surface area contributed by atoms with E-state index < -0.39 is 44.2 Å². The van der Waals surface area contributed by atoms with Crippen molar-refractivity contribution >= 4 is 20.7 Å². The number of rotatable bonds is 5. The second kappa shape index (κ2) is 8.41. The zero-order chi connectivity index (χ0) is 24.7. The summed E-state index contributed by atoms with van der Waals surface area (Å²) in [5.74, 6) is -3.71. The molecular weight excluding hydrogens is 479 g/mol. The van der Waals surface area contributed by atoms with Gasteiger partial charge < -0.3 is 4.98 Å². The third kappa shape index (κ3) is 3.74. The molecule has 11 heteroatoms. The van der Waals surface area contributed by atoms with E-state index in [9.17, 15) is 18.1 Å². The van der Waals surface area contributed by atoms with Crippen LogP contribution in [0, 0.1) is 28.8 Å². The van der Waals surface area contributed by atoms with Crippen molar-refractivity contribution in [3.63, 3.8) is 0 Å². The molecule has 0 amide bonds. The van der Waals surface area contributed by atoms with Gasteiger partial charge in [0, 0.05) is 28.9 Å². The monoisotopic (exact) mass is 493 g/mol. The molecule has 3 aromatic carbocycles. The van der Waals surface area contributed by atoms with Crippen LogP contribution in [0.4, 0.5) is 13.2 Å². The number of sulfone groups is 1. The summed E-state index contributed by atoms with van der Waals surface area (Å²) >= 11 is 0. The Bertz CT molecular complexity index is 1740. The lowest BCUT2D eigenvalue weighted by Crippen LogP contribution is -2.09. The molecule has 0 unspecified atom stereocenters. The molecule has 0 saturated heterocycles. The molecule has 2 heterocycles. The van der Waals surface area contributed by atoms with Gasteiger partial charge in [0.25, 0.3) is 0 Å². The van der Waals surface area contributed by atoms with Crippen molar-refractivity contribution in [1.82, 2.24) is 20.2 Å². The number of nitrogens with one attached hydrogen (secondary N) is 2. The van der Waals surface area contributed by atoms with Crippen molar-refractivity contribution in [3.05, 3.63) is 89.5 Å². The Kier molecular flexibility index (Phi) is 5.37. The van der Waals surface area contributed by atoms with Crippen molar-refractivity contribution in [3.8, 4) is 28.7 Å². The molecule has 0 atom stereocenters. The molecular formula is C24H14F3N5O2S. The first-order valence-electron chi connectivity index (χ1n) is 10.2. The Morgan fingerprint density at radius 1 is 1.00 bits per heavy atom. The number of aromatic nitrogens is 4. The molecule has 0 bridgehead atoms. The molecule has 35 heavy (non-hydrogen) atoms. The van der Waals surface area contributed by atoms with Gasteiger partial charge >= 0.3 is 0 Å². The fourth-order valence-corrected chi connectivity index (χ4v) is 5.41. The van der Waals surface area contributed by atoms with Crippen LogP contribution in [0.2, 0.25) is 0 Å². The Labute approximate surface area is 196 Å². The van der Waals surface area contributed by atoms with Gasteiger partial charge in [0.1, 0.15) is 28.9 Å². The van der Waals surface area contributed by atoms with Crippen molar-refractivity contribution in [2.45, 2.75) is 10.6 Å². The van der Waals surface area contributed by atoms with Gasteiger partial charge in [0.15, 0.2) is 21.5 Å². The lowest BCUT2D eigenvalue weighted by molar-refractivity contribution is 0.570. The number of fused-ring (bicyclic) bond motifs is 1. The predicted molar refractivity (Wildman–Crippen MR) is 121 cm³/mol. The smallest absolute Gasteiger partial charge is 0.183 e. The van der Waals surface area contributed by atoms with Gasteiger partial charge in [0.05, 0.1) is 21.8 Å². The van der Waals surface area contributed by atoms with E-state index in [-0.39, 0.29) is 21.5 Å². The summed E-state index contributed by atoms with van der Waals surface area (Å²) in [6.07, 6.45) is 3.08. The molecule has 174 valence electrons. The summed E-state index contributed by atoms with van der Waals surface area (Å²) in [6, 6.07) is 11.8. The van der Waals surface area contributed by atoms with Gasteiger partial charge in [-0.25, -0.2) is 26.6 Å². The van der Waals surface area contributed by atoms with E-state index >= 15 is 8.78 Å². The standard InChI is InChI=1S/C24H14F3N5O2S/c25-17-8-5-14(12-35(33,34)18-4-2-1-3-13(18)11-28)20(26)19(17)15-6-7-16-22(21(15)27)31-32-23(16)24-29-9-10-30-24/h1-10H,12H2,(H,29,30)(H,31,32). The average molecular weight is 493 g/mol. The SMILES string of the molecule is N#Cc1ccccc1S(=O)(=O)Cc1ccc(F)c(-c2ccc3c(-c4ncc[nH]4)[nH]nc3c2F)c1F. The Balaban J connectivity index is 1.61. The van der Waals surface area contributed by atoms with Crippen LogP contribution in [0.3, 0.4) is 0 Å². The second-order valence-electron chi connectivity index (χ2n) is 7.62. The highest BCUT2D eigenvalue weighted by molar-refractivity contribution is 7.90. The lowest BCUT2D eigenvalue weighted by Gasteiger charge is -2.12. The molecule has 0 aliphatic rings. The Morgan fingerprint density at radius 2 is 1.80 bits per heavy atom. The minimum absolute atomic E-state index is 0.0994. The summed E-state index contributed by atoms with van der Waals surface area (Å²) in [5, 5.41) is 16.1. The van der Waals surface area contributed by atoms with Crippen LogP contribution in [-0.2, 0) is 15.6 Å². The fourth-order valence-electron chi connectivity index (χ4n) is 3.89. The zero-order valence-electron chi connectivity index (χ0n) is 17.7. The Hall–Kier alpha value is -4.43. The first kappa shape index (κ1) is 22.4. The summed E-state index contributed by atoms with van der Waals surface area (Å²) in [7, 11) is -4.16. The van der Waals surface area contributed by atoms with Gasteiger partial charge in [-0.3, -0.25) is 5.10 Å². The number of hydrogen-bond donors (Lipinski definition) is 2. The van der Waals surface area contributed by atoms with E-state index in [1.807, 2.05) is 0 Å². The summed E-state index contributed by atoms with van der Waals surface area (Å²) in [6.45, 7) is 0. The van der Waals surface area contributed by atoms with Crippen molar-refractivity contribution < 1.29 is 21.6 Å². The highest BCUT2D eigenvalue weighted by Crippen LogP contribution is 2.36. The van der Waals surface area contributed by atoms with Crippen LogP contribution in [-0.4, -0.2) is 28.6 Å². The van der Waals surface area contributed by atoms with Crippen LogP contribution in [0.25, 0.3) is 33.5 Å². The quantitative estimate of drug-likeness (QED) is 0.362. The molecule has 2 N–H and O–H groups in total. The highest BCUT2D eigenvalue weighted by atomic mass is 32.2. The normalized spacial score (nSPS) is 11.6. The molecule has 7 nitrogen and oxygen atoms in total. The number of nitriles is 1. The number of halogens is 3. The molecule has 5 rings (SSSR count). The first-order chi connectivity index (χ1) is 16.8. The topological polar surface area (TPSA) is 115 Å². The van der Waals surface area contributed by atoms with Gasteiger partial charge in [-0.05, 0) is 24.3 Å². The number of hydrogen-bond acceptors (Lipinski definition) is 5. The molecule has 5 aromatic rings. The van der Waals surface area contributed by atoms with Crippen LogP contribution in [0.1, 0.15) is 11.1 Å². The van der Waals surface area contributed by atoms with Gasteiger partial charge in [0.2, 0.25) is 0 Å². The maximum absolute atomic E-state index is 15.5. The van der Waals surface area contributed by atoms with Crippen LogP contribution in [0.15, 0.2) is 65.8 Å². The van der Waals surface area contributed by atoms with Crippen LogP contribution < -0.4 is 0 Å². The summed E-state index contributed by atoms with van der Waals surface area (Å²) in [4.78, 5) is 6.67. The molecule has 0 saturated carbocycles. The molecule has 2 aromatic heterocycles. The van der Waals surface area contributed by atoms with E-state index in [1.54, 1.807) is 12.3 Å². The van der Waals surface area contributed by atoms with E-state index in [2.05, 4.69) is 20.2 Å². The highest BCUT2D eigenvalue weighted by Gasteiger charge is 2.26. The maximum atomic E-state index is 15.5. The third-order valence-corrected chi connectivity index (χ3v) is 7.25. The summed E-state index contributed by atoms with van der Waals surface area (Å²) < 4.78 is 71.5.